The highest BCUT2D eigenvalue weighted by molar-refractivity contribution is 5.79. The van der Waals surface area contributed by atoms with E-state index in [1.807, 2.05) is 30.7 Å². The molecular formula is C21H29N3O3. The summed E-state index contributed by atoms with van der Waals surface area (Å²) in [4.78, 5) is 8.96. The maximum Gasteiger partial charge on any atom is 0.222 e. The average Bonchev–Trinajstić information content (AvgIpc) is 2.98. The molecule has 0 aliphatic carbocycles. The molecule has 1 aromatic heterocycles. The molecule has 146 valence electrons. The van der Waals surface area contributed by atoms with Gasteiger partial charge in [0.2, 0.25) is 5.88 Å². The monoisotopic (exact) mass is 371 g/mol. The number of nitrogens with zero attached hydrogens (tertiary/aromatic N) is 3. The van der Waals surface area contributed by atoms with E-state index < -0.39 is 0 Å². The third-order valence-electron chi connectivity index (χ3n) is 4.25. The first-order valence-electron chi connectivity index (χ1n) is 9.11. The summed E-state index contributed by atoms with van der Waals surface area (Å²) in [5.74, 6) is 1.61. The number of aryl methyl sites for hydroxylation is 3. The van der Waals surface area contributed by atoms with Gasteiger partial charge in [-0.05, 0) is 62.4 Å². The standard InChI is InChI=1S/C21H29N3O3/c1-6-7-10-26-18-12-16(2)19(17(3)13-18)9-8-11-27-21-20(14-23-25-5)22-15-24(21)4/h6-7,12-15H,8-11H2,1-5H3/b7-6+,23-14+. The molecule has 0 unspecified atom stereocenters. The van der Waals surface area contributed by atoms with Crippen molar-refractivity contribution >= 4 is 6.21 Å². The predicted octanol–water partition coefficient (Wildman–Crippen LogP) is 3.98. The number of rotatable bonds is 10. The number of benzene rings is 1. The molecule has 1 heterocycles. The highest BCUT2D eigenvalue weighted by Gasteiger charge is 2.10. The zero-order chi connectivity index (χ0) is 19.6. The molecule has 0 aliphatic heterocycles. The Morgan fingerprint density at radius 1 is 1.19 bits per heavy atom. The number of imidazole rings is 1. The lowest BCUT2D eigenvalue weighted by molar-refractivity contribution is 0.215. The first-order valence-corrected chi connectivity index (χ1v) is 9.11. The quantitative estimate of drug-likeness (QED) is 0.274. The van der Waals surface area contributed by atoms with E-state index in [9.17, 15) is 0 Å². The van der Waals surface area contributed by atoms with Crippen molar-refractivity contribution in [2.45, 2.75) is 33.6 Å². The second-order valence-corrected chi connectivity index (χ2v) is 6.33. The molecule has 6 heteroatoms. The minimum absolute atomic E-state index is 0.599. The van der Waals surface area contributed by atoms with Gasteiger partial charge in [0.1, 0.15) is 25.2 Å². The Morgan fingerprint density at radius 2 is 1.93 bits per heavy atom. The summed E-state index contributed by atoms with van der Waals surface area (Å²) >= 11 is 0. The normalized spacial score (nSPS) is 11.4. The molecule has 0 radical (unpaired) electrons. The summed E-state index contributed by atoms with van der Waals surface area (Å²) in [5, 5.41) is 3.75. The van der Waals surface area contributed by atoms with Crippen LogP contribution < -0.4 is 9.47 Å². The summed E-state index contributed by atoms with van der Waals surface area (Å²) in [7, 11) is 3.40. The van der Waals surface area contributed by atoms with Crippen molar-refractivity contribution < 1.29 is 14.3 Å². The zero-order valence-electron chi connectivity index (χ0n) is 16.9. The zero-order valence-corrected chi connectivity index (χ0v) is 16.9. The Bertz CT molecular complexity index is 771. The van der Waals surface area contributed by atoms with Crippen molar-refractivity contribution in [3.8, 4) is 11.6 Å². The summed E-state index contributed by atoms with van der Waals surface area (Å²) in [6.45, 7) is 7.45. The number of oxime groups is 1. The molecule has 0 saturated carbocycles. The molecule has 2 aromatic rings. The topological polar surface area (TPSA) is 57.9 Å². The van der Waals surface area contributed by atoms with Crippen molar-refractivity contribution in [1.82, 2.24) is 9.55 Å². The lowest BCUT2D eigenvalue weighted by atomic mass is 9.98. The Hall–Kier alpha value is -2.76. The second-order valence-electron chi connectivity index (χ2n) is 6.33. The molecule has 0 N–H and O–H groups in total. The van der Waals surface area contributed by atoms with Crippen LogP contribution in [0.25, 0.3) is 0 Å². The third kappa shape index (κ3) is 5.88. The fraction of sp³-hybridized carbons (Fsp3) is 0.429. The third-order valence-corrected chi connectivity index (χ3v) is 4.25. The fourth-order valence-corrected chi connectivity index (χ4v) is 2.89. The Morgan fingerprint density at radius 3 is 2.59 bits per heavy atom. The molecule has 0 saturated heterocycles. The smallest absolute Gasteiger partial charge is 0.222 e. The van der Waals surface area contributed by atoms with E-state index in [-0.39, 0.29) is 0 Å². The van der Waals surface area contributed by atoms with Crippen LogP contribution in [0, 0.1) is 13.8 Å². The minimum Gasteiger partial charge on any atom is -0.490 e. The summed E-state index contributed by atoms with van der Waals surface area (Å²) in [5.41, 5.74) is 4.51. The van der Waals surface area contributed by atoms with Gasteiger partial charge < -0.3 is 18.9 Å². The van der Waals surface area contributed by atoms with Gasteiger partial charge in [0.05, 0.1) is 19.1 Å². The lowest BCUT2D eigenvalue weighted by Gasteiger charge is -2.13. The SMILES string of the molecule is C/C=C/COc1cc(C)c(CCCOc2c(/C=N/OC)ncn2C)c(C)c1. The average molecular weight is 371 g/mol. The molecule has 0 bridgehead atoms. The van der Waals surface area contributed by atoms with E-state index in [0.717, 1.165) is 18.6 Å². The Labute approximate surface area is 161 Å². The number of hydrogen-bond donors (Lipinski definition) is 0. The van der Waals surface area contributed by atoms with Gasteiger partial charge in [-0.3, -0.25) is 0 Å². The van der Waals surface area contributed by atoms with E-state index >= 15 is 0 Å². The van der Waals surface area contributed by atoms with Gasteiger partial charge in [0, 0.05) is 7.05 Å². The maximum absolute atomic E-state index is 5.92. The highest BCUT2D eigenvalue weighted by atomic mass is 16.6. The molecule has 2 rings (SSSR count). The number of ether oxygens (including phenoxy) is 2. The van der Waals surface area contributed by atoms with Gasteiger partial charge in [0.25, 0.3) is 0 Å². The van der Waals surface area contributed by atoms with Gasteiger partial charge in [-0.2, -0.15) is 0 Å². The van der Waals surface area contributed by atoms with Gasteiger partial charge >= 0.3 is 0 Å². The van der Waals surface area contributed by atoms with Crippen LogP contribution >= 0.6 is 0 Å². The minimum atomic E-state index is 0.599. The van der Waals surface area contributed by atoms with Crippen molar-refractivity contribution in [3.63, 3.8) is 0 Å². The highest BCUT2D eigenvalue weighted by Crippen LogP contribution is 2.23. The van der Waals surface area contributed by atoms with E-state index in [1.54, 1.807) is 12.5 Å². The van der Waals surface area contributed by atoms with Crippen LogP contribution in [-0.2, 0) is 18.3 Å². The molecular weight excluding hydrogens is 342 g/mol. The molecule has 0 fully saturated rings. The Kier molecular flexibility index (Phi) is 7.92. The van der Waals surface area contributed by atoms with Crippen LogP contribution in [0.1, 0.15) is 35.7 Å². The molecule has 0 amide bonds. The largest absolute Gasteiger partial charge is 0.490 e. The number of allylic oxidation sites excluding steroid dienone is 1. The molecule has 0 spiro atoms. The van der Waals surface area contributed by atoms with Gasteiger partial charge in [-0.15, -0.1) is 0 Å². The molecule has 0 atom stereocenters. The van der Waals surface area contributed by atoms with Gasteiger partial charge in [-0.25, -0.2) is 4.98 Å². The predicted molar refractivity (Wildman–Crippen MR) is 108 cm³/mol. The van der Waals surface area contributed by atoms with Crippen LogP contribution in [0.15, 0.2) is 35.8 Å². The van der Waals surface area contributed by atoms with Crippen LogP contribution in [0.4, 0.5) is 0 Å². The van der Waals surface area contributed by atoms with E-state index in [1.165, 1.54) is 23.8 Å². The van der Waals surface area contributed by atoms with Crippen LogP contribution in [-0.4, -0.2) is 36.1 Å². The number of aromatic nitrogens is 2. The van der Waals surface area contributed by atoms with Gasteiger partial charge in [-0.1, -0.05) is 17.3 Å². The summed E-state index contributed by atoms with van der Waals surface area (Å²) < 4.78 is 13.5. The number of hydrogen-bond acceptors (Lipinski definition) is 5. The maximum atomic E-state index is 5.92. The summed E-state index contributed by atoms with van der Waals surface area (Å²) in [6.07, 6.45) is 9.10. The first kappa shape index (κ1) is 20.6. The van der Waals surface area contributed by atoms with E-state index in [0.29, 0.717) is 24.8 Å². The second kappa shape index (κ2) is 10.4. The molecule has 0 aliphatic rings. The van der Waals surface area contributed by atoms with Gasteiger partial charge in [0.15, 0.2) is 0 Å². The summed E-state index contributed by atoms with van der Waals surface area (Å²) in [6, 6.07) is 4.21. The van der Waals surface area contributed by atoms with Crippen LogP contribution in [0.3, 0.4) is 0 Å². The molecule has 1 aromatic carbocycles. The Balaban J connectivity index is 1.92. The van der Waals surface area contributed by atoms with Crippen LogP contribution in [0.2, 0.25) is 0 Å². The lowest BCUT2D eigenvalue weighted by Crippen LogP contribution is -2.06. The van der Waals surface area contributed by atoms with Crippen molar-refractivity contribution in [2.24, 2.45) is 12.2 Å². The van der Waals surface area contributed by atoms with Crippen molar-refractivity contribution in [2.75, 3.05) is 20.3 Å². The van der Waals surface area contributed by atoms with Crippen molar-refractivity contribution in [3.05, 3.63) is 53.0 Å². The van der Waals surface area contributed by atoms with E-state index in [4.69, 9.17) is 14.3 Å². The fourth-order valence-electron chi connectivity index (χ4n) is 2.89. The van der Waals surface area contributed by atoms with Crippen LogP contribution in [0.5, 0.6) is 11.6 Å². The van der Waals surface area contributed by atoms with Crippen molar-refractivity contribution in [1.29, 1.82) is 0 Å². The molecule has 6 nitrogen and oxygen atoms in total. The molecule has 27 heavy (non-hydrogen) atoms. The van der Waals surface area contributed by atoms with E-state index in [2.05, 4.69) is 36.1 Å². The first-order chi connectivity index (χ1) is 13.1.